The fourth-order valence-corrected chi connectivity index (χ4v) is 2.13. The molecule has 6 nitrogen and oxygen atoms in total. The number of alkyl halides is 4. The molecule has 2 aromatic rings. The summed E-state index contributed by atoms with van der Waals surface area (Å²) in [5.41, 5.74) is 5.84. The molecule has 146 valence electrons. The van der Waals surface area contributed by atoms with Gasteiger partial charge >= 0.3 is 12.3 Å². The molecule has 2 heterocycles. The standard InChI is InChI=1S/C13H12F4N4O2S.2ClH/c14-12(15)13(16,17)6-23-9-2-1-7(4-19-9)20-11(22)8-5-24-10(3-18)21-8;;/h1-2,4-5,12H,3,6,18H2,(H,20,22);2*1H. The van der Waals surface area contributed by atoms with Gasteiger partial charge in [0.15, 0.2) is 6.61 Å². The lowest BCUT2D eigenvalue weighted by Crippen LogP contribution is -2.33. The van der Waals surface area contributed by atoms with E-state index in [1.54, 1.807) is 0 Å². The third-order valence-corrected chi connectivity index (χ3v) is 3.56. The van der Waals surface area contributed by atoms with Crippen molar-refractivity contribution in [3.8, 4) is 5.88 Å². The number of aromatic nitrogens is 2. The second-order valence-electron chi connectivity index (χ2n) is 4.52. The quantitative estimate of drug-likeness (QED) is 0.649. The molecule has 0 aromatic carbocycles. The molecule has 26 heavy (non-hydrogen) atoms. The van der Waals surface area contributed by atoms with Crippen LogP contribution < -0.4 is 15.8 Å². The van der Waals surface area contributed by atoms with Gasteiger partial charge in [-0.3, -0.25) is 4.79 Å². The summed E-state index contributed by atoms with van der Waals surface area (Å²) in [6.45, 7) is -1.28. The van der Waals surface area contributed by atoms with E-state index in [9.17, 15) is 22.4 Å². The molecule has 0 fully saturated rings. The molecule has 0 aliphatic carbocycles. The lowest BCUT2D eigenvalue weighted by atomic mass is 10.3. The maximum atomic E-state index is 12.7. The Labute approximate surface area is 162 Å². The minimum atomic E-state index is -4.26. The van der Waals surface area contributed by atoms with Gasteiger partial charge in [-0.15, -0.1) is 36.2 Å². The Hall–Kier alpha value is -1.69. The number of nitrogens with zero attached hydrogens (tertiary/aromatic N) is 2. The molecule has 3 N–H and O–H groups in total. The molecule has 0 aliphatic rings. The van der Waals surface area contributed by atoms with Crippen molar-refractivity contribution in [1.82, 2.24) is 9.97 Å². The highest BCUT2D eigenvalue weighted by Gasteiger charge is 2.41. The summed E-state index contributed by atoms with van der Waals surface area (Å²) >= 11 is 1.24. The van der Waals surface area contributed by atoms with Gasteiger partial charge in [0.1, 0.15) is 10.7 Å². The Morgan fingerprint density at radius 2 is 2.04 bits per heavy atom. The minimum absolute atomic E-state index is 0. The van der Waals surface area contributed by atoms with Crippen LogP contribution in [0.15, 0.2) is 23.7 Å². The van der Waals surface area contributed by atoms with Crippen LogP contribution in [0.1, 0.15) is 15.5 Å². The predicted octanol–water partition coefficient (Wildman–Crippen LogP) is 3.37. The number of hydrogen-bond donors (Lipinski definition) is 2. The Bertz CT molecular complexity index is 704. The lowest BCUT2D eigenvalue weighted by Gasteiger charge is -2.15. The number of ether oxygens (including phenoxy) is 1. The summed E-state index contributed by atoms with van der Waals surface area (Å²) in [5, 5.41) is 4.63. The van der Waals surface area contributed by atoms with Crippen LogP contribution in [0.25, 0.3) is 0 Å². The van der Waals surface area contributed by atoms with Crippen LogP contribution in [0.4, 0.5) is 23.2 Å². The number of carbonyl (C=O) groups is 1. The third-order valence-electron chi connectivity index (χ3n) is 2.68. The van der Waals surface area contributed by atoms with Crippen LogP contribution in [0, 0.1) is 0 Å². The predicted molar refractivity (Wildman–Crippen MR) is 93.1 cm³/mol. The molecule has 0 saturated carbocycles. The molecule has 2 rings (SSSR count). The molecule has 1 amide bonds. The Kier molecular flexibility index (Phi) is 9.78. The molecule has 0 radical (unpaired) electrons. The number of nitrogens with one attached hydrogen (secondary N) is 1. The Morgan fingerprint density at radius 1 is 1.35 bits per heavy atom. The zero-order chi connectivity index (χ0) is 17.7. The SMILES string of the molecule is Cl.Cl.NCc1nc(C(=O)Nc2ccc(OCC(F)(F)C(F)F)nc2)cs1. The largest absolute Gasteiger partial charge is 0.471 e. The first-order chi connectivity index (χ1) is 11.3. The molecule has 0 unspecified atom stereocenters. The molecule has 0 bridgehead atoms. The maximum absolute atomic E-state index is 12.7. The second kappa shape index (κ2) is 10.5. The summed E-state index contributed by atoms with van der Waals surface area (Å²) < 4.78 is 54.0. The van der Waals surface area contributed by atoms with E-state index < -0.39 is 24.9 Å². The van der Waals surface area contributed by atoms with Gasteiger partial charge in [0, 0.05) is 18.0 Å². The smallest absolute Gasteiger partial charge is 0.340 e. The van der Waals surface area contributed by atoms with Crippen LogP contribution in [0.5, 0.6) is 5.88 Å². The average Bonchev–Trinajstić information content (AvgIpc) is 3.03. The molecule has 0 atom stereocenters. The fraction of sp³-hybridized carbons (Fsp3) is 0.308. The van der Waals surface area contributed by atoms with Crippen molar-refractivity contribution < 1.29 is 27.1 Å². The highest BCUT2D eigenvalue weighted by atomic mass is 35.5. The van der Waals surface area contributed by atoms with Gasteiger partial charge in [-0.25, -0.2) is 18.7 Å². The number of thiazole rings is 1. The summed E-state index contributed by atoms with van der Waals surface area (Å²) in [4.78, 5) is 19.6. The van der Waals surface area contributed by atoms with Crippen LogP contribution >= 0.6 is 36.2 Å². The number of rotatable bonds is 7. The molecule has 0 spiro atoms. The second-order valence-corrected chi connectivity index (χ2v) is 5.46. The zero-order valence-electron chi connectivity index (χ0n) is 12.8. The zero-order valence-corrected chi connectivity index (χ0v) is 15.3. The number of nitrogens with two attached hydrogens (primary N) is 1. The number of hydrogen-bond acceptors (Lipinski definition) is 6. The van der Waals surface area contributed by atoms with E-state index in [0.29, 0.717) is 5.01 Å². The van der Waals surface area contributed by atoms with E-state index in [4.69, 9.17) is 5.73 Å². The monoisotopic (exact) mass is 436 g/mol. The van der Waals surface area contributed by atoms with Crippen molar-refractivity contribution in [3.05, 3.63) is 34.4 Å². The number of anilines is 1. The Balaban J connectivity index is 0.00000312. The van der Waals surface area contributed by atoms with Crippen molar-refractivity contribution >= 4 is 47.7 Å². The average molecular weight is 437 g/mol. The van der Waals surface area contributed by atoms with Crippen molar-refractivity contribution in [2.75, 3.05) is 11.9 Å². The first-order valence-electron chi connectivity index (χ1n) is 6.52. The van der Waals surface area contributed by atoms with E-state index in [1.165, 1.54) is 28.8 Å². The van der Waals surface area contributed by atoms with Gasteiger partial charge in [0.05, 0.1) is 11.9 Å². The number of halogens is 6. The van der Waals surface area contributed by atoms with Crippen LogP contribution in [-0.4, -0.2) is 34.8 Å². The first kappa shape index (κ1) is 24.3. The van der Waals surface area contributed by atoms with Gasteiger partial charge in [-0.1, -0.05) is 0 Å². The van der Waals surface area contributed by atoms with Crippen molar-refractivity contribution in [1.29, 1.82) is 0 Å². The third kappa shape index (κ3) is 6.56. The maximum Gasteiger partial charge on any atom is 0.340 e. The van der Waals surface area contributed by atoms with Crippen LogP contribution in [0.3, 0.4) is 0 Å². The molecule has 13 heteroatoms. The van der Waals surface area contributed by atoms with Crippen LogP contribution in [-0.2, 0) is 6.54 Å². The van der Waals surface area contributed by atoms with E-state index in [1.807, 2.05) is 0 Å². The molecule has 0 saturated heterocycles. The van der Waals surface area contributed by atoms with E-state index in [2.05, 4.69) is 20.0 Å². The minimum Gasteiger partial charge on any atom is -0.471 e. The van der Waals surface area contributed by atoms with Crippen LogP contribution in [0.2, 0.25) is 0 Å². The Morgan fingerprint density at radius 3 is 2.54 bits per heavy atom. The van der Waals surface area contributed by atoms with Gasteiger partial charge in [0.25, 0.3) is 5.91 Å². The van der Waals surface area contributed by atoms with E-state index in [0.717, 1.165) is 6.20 Å². The summed E-state index contributed by atoms with van der Waals surface area (Å²) in [6, 6.07) is 2.50. The normalized spacial score (nSPS) is 10.7. The van der Waals surface area contributed by atoms with Gasteiger partial charge in [-0.2, -0.15) is 8.78 Å². The number of carbonyl (C=O) groups excluding carboxylic acids is 1. The molecular weight excluding hydrogens is 423 g/mol. The van der Waals surface area contributed by atoms with Gasteiger partial charge in [-0.05, 0) is 6.07 Å². The number of pyridine rings is 1. The van der Waals surface area contributed by atoms with E-state index in [-0.39, 0.29) is 48.6 Å². The molecule has 2 aromatic heterocycles. The van der Waals surface area contributed by atoms with Crippen molar-refractivity contribution in [3.63, 3.8) is 0 Å². The summed E-state index contributed by atoms with van der Waals surface area (Å²) in [7, 11) is 0. The van der Waals surface area contributed by atoms with Crippen molar-refractivity contribution in [2.24, 2.45) is 5.73 Å². The first-order valence-corrected chi connectivity index (χ1v) is 7.40. The molecular formula is C13H14Cl2F4N4O2S. The van der Waals surface area contributed by atoms with Gasteiger partial charge < -0.3 is 15.8 Å². The van der Waals surface area contributed by atoms with E-state index >= 15 is 0 Å². The topological polar surface area (TPSA) is 90.1 Å². The lowest BCUT2D eigenvalue weighted by molar-refractivity contribution is -0.148. The van der Waals surface area contributed by atoms with Gasteiger partial charge in [0.2, 0.25) is 5.88 Å². The summed E-state index contributed by atoms with van der Waals surface area (Å²) in [6.07, 6.45) is -2.68. The van der Waals surface area contributed by atoms with Crippen molar-refractivity contribution in [2.45, 2.75) is 18.9 Å². The highest BCUT2D eigenvalue weighted by molar-refractivity contribution is 7.09. The highest BCUT2D eigenvalue weighted by Crippen LogP contribution is 2.24. The molecule has 0 aliphatic heterocycles. The number of amides is 1. The summed E-state index contributed by atoms with van der Waals surface area (Å²) in [5.74, 6) is -5.03. The fourth-order valence-electron chi connectivity index (χ4n) is 1.48.